The highest BCUT2D eigenvalue weighted by atomic mass is 16.5. The number of para-hydroxylation sites is 1. The van der Waals surface area contributed by atoms with Crippen molar-refractivity contribution >= 4 is 11.6 Å². The average molecular weight is 360 g/mol. The lowest BCUT2D eigenvalue weighted by Crippen LogP contribution is -2.53. The first-order chi connectivity index (χ1) is 12.8. The minimum absolute atomic E-state index is 0.593. The number of ether oxygens (including phenoxy) is 1. The van der Waals surface area contributed by atoms with Gasteiger partial charge in [0, 0.05) is 65.1 Å². The molecule has 2 saturated heterocycles. The van der Waals surface area contributed by atoms with Crippen LogP contribution in [0.25, 0.3) is 0 Å². The standard InChI is InChI=1S/C20H33N5O/c1-18(17-23-12-14-26-15-13-23)16-22-20(21-2)25-10-8-24(9-11-25)19-6-4-3-5-7-19/h3-7,18H,8-17H2,1-2H3,(H,21,22). The molecule has 0 aromatic heterocycles. The molecule has 1 atom stereocenters. The van der Waals surface area contributed by atoms with E-state index in [0.29, 0.717) is 5.92 Å². The number of guanidine groups is 1. The maximum Gasteiger partial charge on any atom is 0.193 e. The molecule has 26 heavy (non-hydrogen) atoms. The minimum atomic E-state index is 0.593. The molecule has 1 aromatic carbocycles. The number of morpholine rings is 1. The predicted octanol–water partition coefficient (Wildman–Crippen LogP) is 1.35. The molecule has 1 N–H and O–H groups in total. The van der Waals surface area contributed by atoms with Gasteiger partial charge in [-0.25, -0.2) is 0 Å². The monoisotopic (exact) mass is 359 g/mol. The van der Waals surface area contributed by atoms with Crippen molar-refractivity contribution in [3.8, 4) is 0 Å². The summed E-state index contributed by atoms with van der Waals surface area (Å²) in [7, 11) is 1.89. The van der Waals surface area contributed by atoms with Crippen molar-refractivity contribution in [1.82, 2.24) is 15.1 Å². The van der Waals surface area contributed by atoms with Crippen LogP contribution in [0.15, 0.2) is 35.3 Å². The third-order valence-electron chi connectivity index (χ3n) is 5.19. The molecule has 6 heteroatoms. The lowest BCUT2D eigenvalue weighted by atomic mass is 10.1. The van der Waals surface area contributed by atoms with E-state index in [0.717, 1.165) is 71.5 Å². The Bertz CT molecular complexity index is 551. The van der Waals surface area contributed by atoms with Crippen LogP contribution in [0.2, 0.25) is 0 Å². The third-order valence-corrected chi connectivity index (χ3v) is 5.19. The van der Waals surface area contributed by atoms with Gasteiger partial charge in [-0.3, -0.25) is 9.89 Å². The van der Waals surface area contributed by atoms with E-state index in [1.54, 1.807) is 0 Å². The van der Waals surface area contributed by atoms with Crippen LogP contribution < -0.4 is 10.2 Å². The van der Waals surface area contributed by atoms with Gasteiger partial charge in [-0.15, -0.1) is 0 Å². The highest BCUT2D eigenvalue weighted by Gasteiger charge is 2.20. The summed E-state index contributed by atoms with van der Waals surface area (Å²) in [5, 5.41) is 3.58. The van der Waals surface area contributed by atoms with Crippen LogP contribution in [-0.2, 0) is 4.74 Å². The molecule has 0 aliphatic carbocycles. The summed E-state index contributed by atoms with van der Waals surface area (Å²) in [6.45, 7) is 12.3. The molecule has 0 amide bonds. The predicted molar refractivity (Wildman–Crippen MR) is 108 cm³/mol. The summed E-state index contributed by atoms with van der Waals surface area (Å²) < 4.78 is 5.43. The summed E-state index contributed by atoms with van der Waals surface area (Å²) in [5.74, 6) is 1.63. The van der Waals surface area contributed by atoms with Crippen LogP contribution in [0.1, 0.15) is 6.92 Å². The van der Waals surface area contributed by atoms with Crippen molar-refractivity contribution in [2.45, 2.75) is 6.92 Å². The van der Waals surface area contributed by atoms with Crippen molar-refractivity contribution in [2.24, 2.45) is 10.9 Å². The van der Waals surface area contributed by atoms with Gasteiger partial charge in [0.2, 0.25) is 0 Å². The zero-order valence-corrected chi connectivity index (χ0v) is 16.2. The number of aliphatic imine (C=N–C) groups is 1. The Balaban J connectivity index is 1.41. The maximum atomic E-state index is 5.43. The smallest absolute Gasteiger partial charge is 0.193 e. The topological polar surface area (TPSA) is 43.3 Å². The van der Waals surface area contributed by atoms with Gasteiger partial charge in [0.15, 0.2) is 5.96 Å². The molecule has 2 aliphatic heterocycles. The van der Waals surface area contributed by atoms with Crippen LogP contribution in [0.4, 0.5) is 5.69 Å². The second kappa shape index (κ2) is 9.78. The van der Waals surface area contributed by atoms with Gasteiger partial charge < -0.3 is 19.9 Å². The van der Waals surface area contributed by atoms with Crippen molar-refractivity contribution in [1.29, 1.82) is 0 Å². The van der Waals surface area contributed by atoms with E-state index < -0.39 is 0 Å². The largest absolute Gasteiger partial charge is 0.379 e. The Hall–Kier alpha value is -1.79. The first-order valence-electron chi connectivity index (χ1n) is 9.82. The second-order valence-electron chi connectivity index (χ2n) is 7.26. The normalized spacial score (nSPS) is 20.9. The first kappa shape index (κ1) is 19.0. The zero-order valence-electron chi connectivity index (χ0n) is 16.2. The molecule has 2 heterocycles. The fourth-order valence-electron chi connectivity index (χ4n) is 3.70. The van der Waals surface area contributed by atoms with Crippen molar-refractivity contribution in [3.63, 3.8) is 0 Å². The van der Waals surface area contributed by atoms with E-state index in [-0.39, 0.29) is 0 Å². The molecule has 0 saturated carbocycles. The fourth-order valence-corrected chi connectivity index (χ4v) is 3.70. The maximum absolute atomic E-state index is 5.43. The van der Waals surface area contributed by atoms with Crippen molar-refractivity contribution in [2.75, 3.05) is 77.5 Å². The zero-order chi connectivity index (χ0) is 18.2. The summed E-state index contributed by atoms with van der Waals surface area (Å²) in [6, 6.07) is 10.7. The Morgan fingerprint density at radius 2 is 1.77 bits per heavy atom. The number of piperazine rings is 1. The molecule has 0 radical (unpaired) electrons. The Morgan fingerprint density at radius 1 is 1.08 bits per heavy atom. The van der Waals surface area contributed by atoms with E-state index in [4.69, 9.17) is 4.74 Å². The van der Waals surface area contributed by atoms with Gasteiger partial charge >= 0.3 is 0 Å². The molecule has 144 valence electrons. The molecule has 1 unspecified atom stereocenters. The molecule has 0 bridgehead atoms. The van der Waals surface area contributed by atoms with Crippen molar-refractivity contribution in [3.05, 3.63) is 30.3 Å². The minimum Gasteiger partial charge on any atom is -0.379 e. The summed E-state index contributed by atoms with van der Waals surface area (Å²) >= 11 is 0. The quantitative estimate of drug-likeness (QED) is 0.635. The Labute approximate surface area is 157 Å². The highest BCUT2D eigenvalue weighted by molar-refractivity contribution is 5.80. The number of benzene rings is 1. The molecule has 3 rings (SSSR count). The molecule has 6 nitrogen and oxygen atoms in total. The van der Waals surface area contributed by atoms with Crippen molar-refractivity contribution < 1.29 is 4.74 Å². The van der Waals surface area contributed by atoms with E-state index in [9.17, 15) is 0 Å². The molecular formula is C20H33N5O. The number of nitrogens with zero attached hydrogens (tertiary/aromatic N) is 4. The van der Waals surface area contributed by atoms with Gasteiger partial charge in [0.1, 0.15) is 0 Å². The van der Waals surface area contributed by atoms with Gasteiger partial charge in [0.25, 0.3) is 0 Å². The van der Waals surface area contributed by atoms with E-state index >= 15 is 0 Å². The molecule has 2 aliphatic rings. The molecule has 0 spiro atoms. The van der Waals surface area contributed by atoms with Gasteiger partial charge in [-0.05, 0) is 18.1 Å². The first-order valence-corrected chi connectivity index (χ1v) is 9.82. The van der Waals surface area contributed by atoms with E-state index in [1.807, 2.05) is 7.05 Å². The lowest BCUT2D eigenvalue weighted by molar-refractivity contribution is 0.0320. The van der Waals surface area contributed by atoms with Crippen LogP contribution in [0.3, 0.4) is 0 Å². The number of anilines is 1. The second-order valence-corrected chi connectivity index (χ2v) is 7.26. The van der Waals surface area contributed by atoms with Gasteiger partial charge in [-0.1, -0.05) is 25.1 Å². The van der Waals surface area contributed by atoms with Gasteiger partial charge in [0.05, 0.1) is 13.2 Å². The number of rotatable bonds is 5. The average Bonchev–Trinajstić information content (AvgIpc) is 2.70. The van der Waals surface area contributed by atoms with E-state index in [2.05, 4.69) is 62.3 Å². The van der Waals surface area contributed by atoms with Crippen LogP contribution >= 0.6 is 0 Å². The fraction of sp³-hybridized carbons (Fsp3) is 0.650. The SMILES string of the molecule is CN=C(NCC(C)CN1CCOCC1)N1CCN(c2ccccc2)CC1. The third kappa shape index (κ3) is 5.35. The van der Waals surface area contributed by atoms with Crippen LogP contribution in [0.5, 0.6) is 0 Å². The lowest BCUT2D eigenvalue weighted by Gasteiger charge is -2.38. The van der Waals surface area contributed by atoms with Crippen LogP contribution in [-0.4, -0.2) is 88.4 Å². The Morgan fingerprint density at radius 3 is 2.42 bits per heavy atom. The summed E-state index contributed by atoms with van der Waals surface area (Å²) in [4.78, 5) is 11.8. The van der Waals surface area contributed by atoms with Gasteiger partial charge in [-0.2, -0.15) is 0 Å². The molecular weight excluding hydrogens is 326 g/mol. The molecule has 1 aromatic rings. The Kier molecular flexibility index (Phi) is 7.14. The van der Waals surface area contributed by atoms with E-state index in [1.165, 1.54) is 5.69 Å². The number of hydrogen-bond acceptors (Lipinski definition) is 4. The highest BCUT2D eigenvalue weighted by Crippen LogP contribution is 2.15. The number of nitrogens with one attached hydrogen (secondary N) is 1. The summed E-state index contributed by atoms with van der Waals surface area (Å²) in [6.07, 6.45) is 0. The van der Waals surface area contributed by atoms with Crippen LogP contribution in [0, 0.1) is 5.92 Å². The summed E-state index contributed by atoms with van der Waals surface area (Å²) in [5.41, 5.74) is 1.31. The molecule has 2 fully saturated rings. The number of hydrogen-bond donors (Lipinski definition) is 1.